The largest absolute Gasteiger partial charge is 0.475 e. The summed E-state index contributed by atoms with van der Waals surface area (Å²) < 4.78 is 5.92. The Morgan fingerprint density at radius 1 is 1.28 bits per heavy atom. The van der Waals surface area contributed by atoms with Crippen LogP contribution in [0.2, 0.25) is 0 Å². The van der Waals surface area contributed by atoms with Crippen LogP contribution in [-0.2, 0) is 10.2 Å². The van der Waals surface area contributed by atoms with Gasteiger partial charge in [0, 0.05) is 0 Å². The molecule has 2 aliphatic rings. The van der Waals surface area contributed by atoms with Crippen LogP contribution in [-0.4, -0.2) is 11.5 Å². The molecule has 1 saturated carbocycles. The Kier molecular flexibility index (Phi) is 2.25. The van der Waals surface area contributed by atoms with E-state index in [9.17, 15) is 4.79 Å². The highest BCUT2D eigenvalue weighted by molar-refractivity contribution is 6.01. The van der Waals surface area contributed by atoms with Crippen LogP contribution >= 0.6 is 0 Å². The minimum absolute atomic E-state index is 0.0207. The monoisotopic (exact) mass is 245 g/mol. The Labute approximate surface area is 108 Å². The van der Waals surface area contributed by atoms with Gasteiger partial charge in [-0.05, 0) is 42.4 Å². The topological polar surface area (TPSA) is 38.3 Å². The van der Waals surface area contributed by atoms with Crippen molar-refractivity contribution in [1.82, 2.24) is 0 Å². The summed E-state index contributed by atoms with van der Waals surface area (Å²) >= 11 is 0. The molecule has 0 aromatic heterocycles. The Morgan fingerprint density at radius 3 is 2.56 bits per heavy atom. The van der Waals surface area contributed by atoms with Gasteiger partial charge >= 0.3 is 0 Å². The molecular weight excluding hydrogens is 226 g/mol. The molecule has 1 heterocycles. The van der Waals surface area contributed by atoms with Crippen LogP contribution in [0.5, 0.6) is 5.75 Å². The second kappa shape index (κ2) is 3.50. The second-order valence-corrected chi connectivity index (χ2v) is 6.36. The van der Waals surface area contributed by atoms with E-state index < -0.39 is 5.60 Å². The third-order valence-corrected chi connectivity index (χ3v) is 3.97. The van der Waals surface area contributed by atoms with Crippen molar-refractivity contribution in [2.75, 3.05) is 5.32 Å². The van der Waals surface area contributed by atoms with E-state index in [1.54, 1.807) is 0 Å². The van der Waals surface area contributed by atoms with Gasteiger partial charge < -0.3 is 10.1 Å². The number of hydrogen-bond acceptors (Lipinski definition) is 2. The lowest BCUT2D eigenvalue weighted by Crippen LogP contribution is -2.55. The van der Waals surface area contributed by atoms with Crippen LogP contribution < -0.4 is 10.1 Å². The average molecular weight is 245 g/mol. The molecule has 1 aliphatic heterocycles. The highest BCUT2D eigenvalue weighted by Gasteiger charge is 2.49. The quantitative estimate of drug-likeness (QED) is 0.762. The van der Waals surface area contributed by atoms with Crippen LogP contribution in [0.15, 0.2) is 18.2 Å². The molecule has 0 radical (unpaired) electrons. The highest BCUT2D eigenvalue weighted by Crippen LogP contribution is 2.44. The Morgan fingerprint density at radius 2 is 2.00 bits per heavy atom. The molecule has 1 amide bonds. The van der Waals surface area contributed by atoms with Crippen molar-refractivity contribution in [3.05, 3.63) is 23.8 Å². The van der Waals surface area contributed by atoms with Crippen LogP contribution in [0.3, 0.4) is 0 Å². The van der Waals surface area contributed by atoms with Crippen molar-refractivity contribution in [2.24, 2.45) is 0 Å². The highest BCUT2D eigenvalue weighted by atomic mass is 16.5. The van der Waals surface area contributed by atoms with E-state index in [0.29, 0.717) is 0 Å². The molecule has 1 spiro atoms. The fourth-order valence-electron chi connectivity index (χ4n) is 2.50. The Bertz CT molecular complexity index is 510. The van der Waals surface area contributed by atoms with Gasteiger partial charge in [-0.25, -0.2) is 0 Å². The predicted octanol–water partition coefficient (Wildman–Crippen LogP) is 3.24. The van der Waals surface area contributed by atoms with E-state index in [1.165, 1.54) is 5.56 Å². The van der Waals surface area contributed by atoms with Crippen molar-refractivity contribution in [2.45, 2.75) is 51.0 Å². The van der Waals surface area contributed by atoms with E-state index in [-0.39, 0.29) is 11.3 Å². The zero-order valence-electron chi connectivity index (χ0n) is 11.2. The van der Waals surface area contributed by atoms with Gasteiger partial charge in [0.05, 0.1) is 5.69 Å². The smallest absolute Gasteiger partial charge is 0.268 e. The van der Waals surface area contributed by atoms with Gasteiger partial charge in [0.15, 0.2) is 5.60 Å². The number of carbonyl (C=O) groups excluding carboxylic acids is 1. The summed E-state index contributed by atoms with van der Waals surface area (Å²) in [6.45, 7) is 6.48. The van der Waals surface area contributed by atoms with Gasteiger partial charge in [0.2, 0.25) is 0 Å². The van der Waals surface area contributed by atoms with Gasteiger partial charge in [-0.15, -0.1) is 0 Å². The zero-order chi connectivity index (χ0) is 13.0. The van der Waals surface area contributed by atoms with Gasteiger partial charge in [0.25, 0.3) is 5.91 Å². The van der Waals surface area contributed by atoms with Crippen LogP contribution in [0.25, 0.3) is 0 Å². The van der Waals surface area contributed by atoms with Gasteiger partial charge in [-0.3, -0.25) is 4.79 Å². The van der Waals surface area contributed by atoms with Crippen molar-refractivity contribution in [1.29, 1.82) is 0 Å². The van der Waals surface area contributed by atoms with E-state index in [1.807, 2.05) is 12.1 Å². The fourth-order valence-corrected chi connectivity index (χ4v) is 2.50. The first-order chi connectivity index (χ1) is 8.41. The number of anilines is 1. The molecule has 1 aromatic rings. The van der Waals surface area contributed by atoms with E-state index in [2.05, 4.69) is 32.2 Å². The number of nitrogens with one attached hydrogen (secondary N) is 1. The first kappa shape index (κ1) is 11.6. The second-order valence-electron chi connectivity index (χ2n) is 6.36. The number of rotatable bonds is 0. The predicted molar refractivity (Wildman–Crippen MR) is 71.0 cm³/mol. The molecule has 0 unspecified atom stereocenters. The van der Waals surface area contributed by atoms with Crippen LogP contribution in [0.1, 0.15) is 45.6 Å². The molecule has 96 valence electrons. The maximum Gasteiger partial charge on any atom is 0.268 e. The van der Waals surface area contributed by atoms with Crippen molar-refractivity contribution >= 4 is 11.6 Å². The lowest BCUT2D eigenvalue weighted by atomic mass is 9.78. The average Bonchev–Trinajstić information content (AvgIpc) is 2.23. The normalized spacial score (nSPS) is 20.7. The minimum Gasteiger partial charge on any atom is -0.475 e. The first-order valence-corrected chi connectivity index (χ1v) is 6.56. The summed E-state index contributed by atoms with van der Waals surface area (Å²) in [4.78, 5) is 12.1. The molecular formula is C15H19NO2. The van der Waals surface area contributed by atoms with Crippen LogP contribution in [0.4, 0.5) is 5.69 Å². The summed E-state index contributed by atoms with van der Waals surface area (Å²) in [6.07, 6.45) is 2.74. The number of amides is 1. The molecule has 1 N–H and O–H groups in total. The Hall–Kier alpha value is -1.51. The summed E-state index contributed by atoms with van der Waals surface area (Å²) in [5, 5.41) is 3.00. The van der Waals surface area contributed by atoms with E-state index in [4.69, 9.17) is 4.74 Å². The van der Waals surface area contributed by atoms with E-state index >= 15 is 0 Å². The number of benzene rings is 1. The number of carbonyl (C=O) groups is 1. The SMILES string of the molecule is CC(C)(C)c1ccc2c(c1)NC(=O)C1(CCC1)O2. The molecule has 18 heavy (non-hydrogen) atoms. The van der Waals surface area contributed by atoms with Crippen molar-refractivity contribution in [3.63, 3.8) is 0 Å². The summed E-state index contributed by atoms with van der Waals surface area (Å²) in [5.41, 5.74) is 1.52. The standard InChI is InChI=1S/C15H19NO2/c1-14(2,3)10-5-6-12-11(9-10)16-13(17)15(18-12)7-4-8-15/h5-6,9H,4,7-8H2,1-3H3,(H,16,17). The maximum atomic E-state index is 12.1. The molecule has 0 saturated heterocycles. The lowest BCUT2D eigenvalue weighted by Gasteiger charge is -2.43. The lowest BCUT2D eigenvalue weighted by molar-refractivity contribution is -0.139. The zero-order valence-corrected chi connectivity index (χ0v) is 11.2. The summed E-state index contributed by atoms with van der Waals surface area (Å²) in [7, 11) is 0. The molecule has 3 rings (SSSR count). The van der Waals surface area contributed by atoms with Gasteiger partial charge in [-0.2, -0.15) is 0 Å². The molecule has 3 nitrogen and oxygen atoms in total. The van der Waals surface area contributed by atoms with Gasteiger partial charge in [0.1, 0.15) is 5.75 Å². The molecule has 0 atom stereocenters. The van der Waals surface area contributed by atoms with Gasteiger partial charge in [-0.1, -0.05) is 26.8 Å². The van der Waals surface area contributed by atoms with Crippen molar-refractivity contribution < 1.29 is 9.53 Å². The summed E-state index contributed by atoms with van der Waals surface area (Å²) in [5.74, 6) is 0.828. The maximum absolute atomic E-state index is 12.1. The molecule has 3 heteroatoms. The minimum atomic E-state index is -0.573. The van der Waals surface area contributed by atoms with Crippen molar-refractivity contribution in [3.8, 4) is 5.75 Å². The van der Waals surface area contributed by atoms with E-state index in [0.717, 1.165) is 30.7 Å². The number of fused-ring (bicyclic) bond motifs is 1. The fraction of sp³-hybridized carbons (Fsp3) is 0.533. The third-order valence-electron chi connectivity index (χ3n) is 3.97. The molecule has 0 bridgehead atoms. The Balaban J connectivity index is 1.98. The first-order valence-electron chi connectivity index (χ1n) is 6.56. The molecule has 1 fully saturated rings. The molecule has 1 aromatic carbocycles. The van der Waals surface area contributed by atoms with Crippen LogP contribution in [0, 0.1) is 0 Å². The summed E-state index contributed by atoms with van der Waals surface area (Å²) in [6, 6.07) is 6.09. The third kappa shape index (κ3) is 1.61. The number of ether oxygens (including phenoxy) is 1. The molecule has 1 aliphatic carbocycles. The number of hydrogen-bond donors (Lipinski definition) is 1.